The first-order chi connectivity index (χ1) is 12.2. The van der Waals surface area contributed by atoms with Crippen molar-refractivity contribution in [2.45, 2.75) is 20.1 Å². The van der Waals surface area contributed by atoms with Crippen molar-refractivity contribution in [3.8, 4) is 5.75 Å². The SMILES string of the molecule is CCOCCOCc1cccc(CNC(=O)c2ccc(OC)cc2)c1. The molecule has 2 rings (SSSR count). The van der Waals surface area contributed by atoms with Gasteiger partial charge in [0.15, 0.2) is 0 Å². The Balaban J connectivity index is 1.81. The van der Waals surface area contributed by atoms with Gasteiger partial charge in [-0.25, -0.2) is 0 Å². The third-order valence-electron chi connectivity index (χ3n) is 3.64. The number of amides is 1. The molecule has 2 aromatic rings. The number of carbonyl (C=O) groups is 1. The highest BCUT2D eigenvalue weighted by molar-refractivity contribution is 5.94. The Morgan fingerprint density at radius 1 is 1.00 bits per heavy atom. The van der Waals surface area contributed by atoms with E-state index < -0.39 is 0 Å². The van der Waals surface area contributed by atoms with Gasteiger partial charge in [-0.2, -0.15) is 0 Å². The molecule has 5 heteroatoms. The van der Waals surface area contributed by atoms with Gasteiger partial charge in [0.05, 0.1) is 26.9 Å². The first-order valence-electron chi connectivity index (χ1n) is 8.38. The first-order valence-corrected chi connectivity index (χ1v) is 8.38. The van der Waals surface area contributed by atoms with Gasteiger partial charge >= 0.3 is 0 Å². The van der Waals surface area contributed by atoms with E-state index in [9.17, 15) is 4.79 Å². The molecule has 0 aliphatic heterocycles. The summed E-state index contributed by atoms with van der Waals surface area (Å²) in [6, 6.07) is 15.0. The molecule has 0 saturated heterocycles. The predicted molar refractivity (Wildman–Crippen MR) is 96.8 cm³/mol. The van der Waals surface area contributed by atoms with Crippen LogP contribution in [0.2, 0.25) is 0 Å². The molecule has 0 fully saturated rings. The Morgan fingerprint density at radius 3 is 2.44 bits per heavy atom. The summed E-state index contributed by atoms with van der Waals surface area (Å²) in [4.78, 5) is 12.2. The summed E-state index contributed by atoms with van der Waals surface area (Å²) >= 11 is 0. The Hall–Kier alpha value is -2.37. The molecule has 0 spiro atoms. The zero-order chi connectivity index (χ0) is 17.9. The molecule has 134 valence electrons. The van der Waals surface area contributed by atoms with E-state index in [0.717, 1.165) is 16.9 Å². The maximum Gasteiger partial charge on any atom is 0.251 e. The normalized spacial score (nSPS) is 10.5. The Bertz CT molecular complexity index is 655. The average molecular weight is 343 g/mol. The molecule has 1 amide bonds. The maximum atomic E-state index is 12.2. The van der Waals surface area contributed by atoms with E-state index in [1.165, 1.54) is 0 Å². The summed E-state index contributed by atoms with van der Waals surface area (Å²) in [5, 5.41) is 2.92. The van der Waals surface area contributed by atoms with Gasteiger partial charge in [0.1, 0.15) is 5.75 Å². The Kier molecular flexibility index (Phi) is 7.95. The average Bonchev–Trinajstić information content (AvgIpc) is 2.66. The minimum Gasteiger partial charge on any atom is -0.497 e. The number of hydrogen-bond donors (Lipinski definition) is 1. The van der Waals surface area contributed by atoms with Crippen molar-refractivity contribution < 1.29 is 19.0 Å². The van der Waals surface area contributed by atoms with Crippen molar-refractivity contribution in [2.24, 2.45) is 0 Å². The Morgan fingerprint density at radius 2 is 1.72 bits per heavy atom. The van der Waals surface area contributed by atoms with E-state index in [1.54, 1.807) is 31.4 Å². The van der Waals surface area contributed by atoms with Crippen LogP contribution in [-0.2, 0) is 22.6 Å². The Labute approximate surface area is 148 Å². The molecule has 0 heterocycles. The van der Waals surface area contributed by atoms with Crippen molar-refractivity contribution in [1.82, 2.24) is 5.32 Å². The maximum absolute atomic E-state index is 12.2. The second kappa shape index (κ2) is 10.5. The predicted octanol–water partition coefficient (Wildman–Crippen LogP) is 3.18. The minimum absolute atomic E-state index is 0.110. The summed E-state index contributed by atoms with van der Waals surface area (Å²) in [5.74, 6) is 0.620. The zero-order valence-electron chi connectivity index (χ0n) is 14.8. The van der Waals surface area contributed by atoms with Crippen LogP contribution in [0.15, 0.2) is 48.5 Å². The van der Waals surface area contributed by atoms with Crippen molar-refractivity contribution >= 4 is 5.91 Å². The number of rotatable bonds is 10. The van der Waals surface area contributed by atoms with Gasteiger partial charge in [-0.05, 0) is 42.3 Å². The molecule has 2 aromatic carbocycles. The van der Waals surface area contributed by atoms with Gasteiger partial charge in [0, 0.05) is 18.7 Å². The molecule has 0 bridgehead atoms. The molecule has 0 aliphatic carbocycles. The molecule has 25 heavy (non-hydrogen) atoms. The van der Waals surface area contributed by atoms with Crippen LogP contribution >= 0.6 is 0 Å². The van der Waals surface area contributed by atoms with Gasteiger partial charge in [-0.3, -0.25) is 4.79 Å². The lowest BCUT2D eigenvalue weighted by Gasteiger charge is -2.09. The summed E-state index contributed by atoms with van der Waals surface area (Å²) in [5.41, 5.74) is 2.72. The van der Waals surface area contributed by atoms with Crippen molar-refractivity contribution in [1.29, 1.82) is 0 Å². The van der Waals surface area contributed by atoms with Crippen molar-refractivity contribution in [3.63, 3.8) is 0 Å². The third kappa shape index (κ3) is 6.57. The van der Waals surface area contributed by atoms with Gasteiger partial charge in [0.2, 0.25) is 0 Å². The number of nitrogens with one attached hydrogen (secondary N) is 1. The van der Waals surface area contributed by atoms with Crippen LogP contribution in [0, 0.1) is 0 Å². The summed E-state index contributed by atoms with van der Waals surface area (Å²) in [6.45, 7) is 4.85. The van der Waals surface area contributed by atoms with Crippen LogP contribution < -0.4 is 10.1 Å². The first kappa shape index (κ1) is 19.0. The zero-order valence-corrected chi connectivity index (χ0v) is 14.8. The lowest BCUT2D eigenvalue weighted by atomic mass is 10.1. The van der Waals surface area contributed by atoms with Gasteiger partial charge < -0.3 is 19.5 Å². The highest BCUT2D eigenvalue weighted by Crippen LogP contribution is 2.12. The molecule has 1 N–H and O–H groups in total. The quantitative estimate of drug-likeness (QED) is 0.673. The number of methoxy groups -OCH3 is 1. The fourth-order valence-corrected chi connectivity index (χ4v) is 2.31. The van der Waals surface area contributed by atoms with Gasteiger partial charge in [-0.1, -0.05) is 24.3 Å². The molecule has 0 unspecified atom stereocenters. The third-order valence-corrected chi connectivity index (χ3v) is 3.64. The summed E-state index contributed by atoms with van der Waals surface area (Å²) in [7, 11) is 1.60. The second-order valence-electron chi connectivity index (χ2n) is 5.48. The minimum atomic E-state index is -0.110. The molecule has 0 aliphatic rings. The number of hydrogen-bond acceptors (Lipinski definition) is 4. The molecule has 5 nitrogen and oxygen atoms in total. The van der Waals surface area contributed by atoms with Crippen LogP contribution in [0.3, 0.4) is 0 Å². The van der Waals surface area contributed by atoms with Crippen LogP contribution in [0.4, 0.5) is 0 Å². The number of ether oxygens (including phenoxy) is 3. The van der Waals surface area contributed by atoms with E-state index in [2.05, 4.69) is 5.32 Å². The second-order valence-corrected chi connectivity index (χ2v) is 5.48. The van der Waals surface area contributed by atoms with Crippen molar-refractivity contribution in [2.75, 3.05) is 26.9 Å². The largest absolute Gasteiger partial charge is 0.497 e. The summed E-state index contributed by atoms with van der Waals surface area (Å²) in [6.07, 6.45) is 0. The fourth-order valence-electron chi connectivity index (χ4n) is 2.31. The molecule has 0 radical (unpaired) electrons. The summed E-state index contributed by atoms with van der Waals surface area (Å²) < 4.78 is 15.9. The molecular weight excluding hydrogens is 318 g/mol. The highest BCUT2D eigenvalue weighted by atomic mass is 16.5. The van der Waals surface area contributed by atoms with Crippen LogP contribution in [-0.4, -0.2) is 32.8 Å². The topological polar surface area (TPSA) is 56.8 Å². The standard InChI is InChI=1S/C20H25NO4/c1-3-24-11-12-25-15-17-6-4-5-16(13-17)14-21-20(22)18-7-9-19(23-2)10-8-18/h4-10,13H,3,11-12,14-15H2,1-2H3,(H,21,22). The van der Waals surface area contributed by atoms with E-state index in [-0.39, 0.29) is 5.91 Å². The monoisotopic (exact) mass is 343 g/mol. The van der Waals surface area contributed by atoms with E-state index in [0.29, 0.717) is 38.5 Å². The van der Waals surface area contributed by atoms with E-state index >= 15 is 0 Å². The molecule has 0 aromatic heterocycles. The van der Waals surface area contributed by atoms with E-state index in [4.69, 9.17) is 14.2 Å². The van der Waals surface area contributed by atoms with Crippen LogP contribution in [0.1, 0.15) is 28.4 Å². The molecular formula is C20H25NO4. The lowest BCUT2D eigenvalue weighted by molar-refractivity contribution is 0.0453. The van der Waals surface area contributed by atoms with Gasteiger partial charge in [0.25, 0.3) is 5.91 Å². The van der Waals surface area contributed by atoms with Crippen LogP contribution in [0.5, 0.6) is 5.75 Å². The molecule has 0 saturated carbocycles. The lowest BCUT2D eigenvalue weighted by Crippen LogP contribution is -2.22. The van der Waals surface area contributed by atoms with Crippen LogP contribution in [0.25, 0.3) is 0 Å². The smallest absolute Gasteiger partial charge is 0.251 e. The fraction of sp³-hybridized carbons (Fsp3) is 0.350. The van der Waals surface area contributed by atoms with Gasteiger partial charge in [-0.15, -0.1) is 0 Å². The van der Waals surface area contributed by atoms with Crippen molar-refractivity contribution in [3.05, 3.63) is 65.2 Å². The molecule has 0 atom stereocenters. The number of benzene rings is 2. The number of carbonyl (C=O) groups excluding carboxylic acids is 1. The van der Waals surface area contributed by atoms with E-state index in [1.807, 2.05) is 31.2 Å². The highest BCUT2D eigenvalue weighted by Gasteiger charge is 2.05.